The Morgan fingerprint density at radius 3 is 2.57 bits per heavy atom. The molecule has 0 bridgehead atoms. The number of phenolic OH excluding ortho intramolecular Hbond substituents is 2. The summed E-state index contributed by atoms with van der Waals surface area (Å²) in [6.07, 6.45) is 2.41. The van der Waals surface area contributed by atoms with Gasteiger partial charge in [-0.2, -0.15) is 5.10 Å². The predicted octanol–water partition coefficient (Wildman–Crippen LogP) is 2.18. The van der Waals surface area contributed by atoms with Gasteiger partial charge in [0.25, 0.3) is 0 Å². The minimum atomic E-state index is -0.227. The number of amides is 1. The van der Waals surface area contributed by atoms with E-state index in [0.29, 0.717) is 18.4 Å². The van der Waals surface area contributed by atoms with E-state index in [4.69, 9.17) is 0 Å². The van der Waals surface area contributed by atoms with Gasteiger partial charge in [0.1, 0.15) is 0 Å². The second-order valence-corrected chi connectivity index (χ2v) is 4.53. The molecule has 2 rings (SSSR count). The molecule has 1 amide bonds. The number of nitrogens with one attached hydrogen (secondary N) is 1. The van der Waals surface area contributed by atoms with Gasteiger partial charge in [-0.05, 0) is 35.7 Å². The fourth-order valence-electron chi connectivity index (χ4n) is 1.76. The molecule has 5 heteroatoms. The Bertz CT molecular complexity index is 639. The zero-order valence-corrected chi connectivity index (χ0v) is 11.4. The highest BCUT2D eigenvalue weighted by atomic mass is 16.3. The van der Waals surface area contributed by atoms with Gasteiger partial charge < -0.3 is 10.2 Å². The fraction of sp³-hybridized carbons (Fsp3) is 0.125. The Hall–Kier alpha value is -2.82. The van der Waals surface area contributed by atoms with Crippen LogP contribution in [0.4, 0.5) is 0 Å². The lowest BCUT2D eigenvalue weighted by molar-refractivity contribution is -0.121. The van der Waals surface area contributed by atoms with Crippen molar-refractivity contribution < 1.29 is 15.0 Å². The van der Waals surface area contributed by atoms with Gasteiger partial charge in [0.15, 0.2) is 11.5 Å². The van der Waals surface area contributed by atoms with E-state index in [1.165, 1.54) is 18.3 Å². The maximum Gasteiger partial charge on any atom is 0.240 e. The zero-order valence-electron chi connectivity index (χ0n) is 11.4. The Morgan fingerprint density at radius 1 is 1.10 bits per heavy atom. The average Bonchev–Trinajstić information content (AvgIpc) is 2.50. The van der Waals surface area contributed by atoms with Gasteiger partial charge >= 0.3 is 0 Å². The first kappa shape index (κ1) is 14.6. The molecule has 21 heavy (non-hydrogen) atoms. The summed E-state index contributed by atoms with van der Waals surface area (Å²) in [4.78, 5) is 11.6. The standard InChI is InChI=1S/C16H16N2O3/c19-14-8-6-13(10-15(14)20)11-17-18-16(21)9-7-12-4-2-1-3-5-12/h1-6,8,10-11,19-20H,7,9H2,(H,18,21)/b17-11+. The summed E-state index contributed by atoms with van der Waals surface area (Å²) >= 11 is 0. The summed E-state index contributed by atoms with van der Waals surface area (Å²) in [7, 11) is 0. The van der Waals surface area contributed by atoms with E-state index < -0.39 is 0 Å². The Morgan fingerprint density at radius 2 is 1.86 bits per heavy atom. The van der Waals surface area contributed by atoms with Crippen molar-refractivity contribution in [3.63, 3.8) is 0 Å². The SMILES string of the molecule is O=C(CCc1ccccc1)N/N=C/c1ccc(O)c(O)c1. The second kappa shape index (κ2) is 7.09. The van der Waals surface area contributed by atoms with Crippen molar-refractivity contribution in [2.24, 2.45) is 5.10 Å². The Labute approximate surface area is 122 Å². The molecule has 0 spiro atoms. The molecule has 0 radical (unpaired) electrons. The molecule has 2 aromatic carbocycles. The van der Waals surface area contributed by atoms with E-state index in [0.717, 1.165) is 5.56 Å². The van der Waals surface area contributed by atoms with Crippen LogP contribution in [0.1, 0.15) is 17.5 Å². The number of hydrogen-bond donors (Lipinski definition) is 3. The van der Waals surface area contributed by atoms with Crippen molar-refractivity contribution in [1.29, 1.82) is 0 Å². The van der Waals surface area contributed by atoms with Crippen molar-refractivity contribution in [1.82, 2.24) is 5.43 Å². The minimum absolute atomic E-state index is 0.182. The highest BCUT2D eigenvalue weighted by Crippen LogP contribution is 2.23. The molecule has 2 aromatic rings. The number of hydrogen-bond acceptors (Lipinski definition) is 4. The smallest absolute Gasteiger partial charge is 0.240 e. The van der Waals surface area contributed by atoms with Crippen LogP contribution in [0.5, 0.6) is 11.5 Å². The summed E-state index contributed by atoms with van der Waals surface area (Å²) in [5.74, 6) is -0.605. The topological polar surface area (TPSA) is 81.9 Å². The van der Waals surface area contributed by atoms with Crippen molar-refractivity contribution in [2.45, 2.75) is 12.8 Å². The van der Waals surface area contributed by atoms with Crippen molar-refractivity contribution in [3.05, 3.63) is 59.7 Å². The third-order valence-electron chi connectivity index (χ3n) is 2.89. The monoisotopic (exact) mass is 284 g/mol. The molecule has 0 aliphatic rings. The molecule has 0 saturated carbocycles. The van der Waals surface area contributed by atoms with Gasteiger partial charge in [-0.3, -0.25) is 4.79 Å². The van der Waals surface area contributed by atoms with E-state index in [-0.39, 0.29) is 17.4 Å². The molecule has 0 saturated heterocycles. The maximum atomic E-state index is 11.6. The van der Waals surface area contributed by atoms with Gasteiger partial charge in [0.2, 0.25) is 5.91 Å². The summed E-state index contributed by atoms with van der Waals surface area (Å²) in [5.41, 5.74) is 4.10. The van der Waals surface area contributed by atoms with E-state index in [1.807, 2.05) is 30.3 Å². The van der Waals surface area contributed by atoms with Crippen molar-refractivity contribution in [2.75, 3.05) is 0 Å². The summed E-state index contributed by atoms with van der Waals surface area (Å²) < 4.78 is 0. The molecule has 108 valence electrons. The summed E-state index contributed by atoms with van der Waals surface area (Å²) in [5, 5.41) is 22.3. The lowest BCUT2D eigenvalue weighted by Gasteiger charge is -2.01. The van der Waals surface area contributed by atoms with Gasteiger partial charge in [0.05, 0.1) is 6.21 Å². The highest BCUT2D eigenvalue weighted by Gasteiger charge is 2.01. The number of rotatable bonds is 5. The minimum Gasteiger partial charge on any atom is -0.504 e. The van der Waals surface area contributed by atoms with Crippen molar-refractivity contribution >= 4 is 12.1 Å². The molecule has 5 nitrogen and oxygen atoms in total. The van der Waals surface area contributed by atoms with Crippen LogP contribution in [0.15, 0.2) is 53.6 Å². The molecular formula is C16H16N2O3. The third kappa shape index (κ3) is 4.65. The molecular weight excluding hydrogens is 268 g/mol. The molecule has 0 heterocycles. The molecule has 0 aliphatic heterocycles. The Balaban J connectivity index is 1.80. The van der Waals surface area contributed by atoms with Crippen LogP contribution in [0, 0.1) is 0 Å². The lowest BCUT2D eigenvalue weighted by Crippen LogP contribution is -2.17. The first-order chi connectivity index (χ1) is 10.1. The molecule has 0 aliphatic carbocycles. The lowest BCUT2D eigenvalue weighted by atomic mass is 10.1. The maximum absolute atomic E-state index is 11.6. The summed E-state index contributed by atoms with van der Waals surface area (Å²) in [6.45, 7) is 0. The number of carbonyl (C=O) groups is 1. The van der Waals surface area contributed by atoms with Crippen molar-refractivity contribution in [3.8, 4) is 11.5 Å². The number of aromatic hydroxyl groups is 2. The number of aryl methyl sites for hydroxylation is 1. The second-order valence-electron chi connectivity index (χ2n) is 4.53. The molecule has 0 fully saturated rings. The summed E-state index contributed by atoms with van der Waals surface area (Å²) in [6, 6.07) is 14.0. The van der Waals surface area contributed by atoms with E-state index >= 15 is 0 Å². The van der Waals surface area contributed by atoms with Gasteiger partial charge in [0, 0.05) is 6.42 Å². The average molecular weight is 284 g/mol. The fourth-order valence-corrected chi connectivity index (χ4v) is 1.76. The largest absolute Gasteiger partial charge is 0.504 e. The van der Waals surface area contributed by atoms with Crippen LogP contribution in [0.3, 0.4) is 0 Å². The quantitative estimate of drug-likeness (QED) is 0.447. The first-order valence-electron chi connectivity index (χ1n) is 6.53. The van der Waals surface area contributed by atoms with Crippen LogP contribution >= 0.6 is 0 Å². The molecule has 0 aromatic heterocycles. The van der Waals surface area contributed by atoms with E-state index in [2.05, 4.69) is 10.5 Å². The normalized spacial score (nSPS) is 10.7. The highest BCUT2D eigenvalue weighted by molar-refractivity contribution is 5.83. The zero-order chi connectivity index (χ0) is 15.1. The number of carbonyl (C=O) groups excluding carboxylic acids is 1. The molecule has 0 atom stereocenters. The number of hydrazone groups is 1. The number of nitrogens with zero attached hydrogens (tertiary/aromatic N) is 1. The van der Waals surface area contributed by atoms with Crippen LogP contribution < -0.4 is 5.43 Å². The van der Waals surface area contributed by atoms with Crippen LogP contribution in [-0.2, 0) is 11.2 Å². The van der Waals surface area contributed by atoms with Gasteiger partial charge in [-0.25, -0.2) is 5.43 Å². The number of benzene rings is 2. The van der Waals surface area contributed by atoms with E-state index in [1.54, 1.807) is 6.07 Å². The molecule has 3 N–H and O–H groups in total. The van der Waals surface area contributed by atoms with E-state index in [9.17, 15) is 15.0 Å². The van der Waals surface area contributed by atoms with Crippen LogP contribution in [0.25, 0.3) is 0 Å². The third-order valence-corrected chi connectivity index (χ3v) is 2.89. The Kier molecular flexibility index (Phi) is 4.93. The molecule has 0 unspecified atom stereocenters. The van der Waals surface area contributed by atoms with Crippen LogP contribution in [0.2, 0.25) is 0 Å². The van der Waals surface area contributed by atoms with Gasteiger partial charge in [-0.1, -0.05) is 30.3 Å². The number of phenols is 2. The first-order valence-corrected chi connectivity index (χ1v) is 6.53. The predicted molar refractivity (Wildman–Crippen MR) is 80.3 cm³/mol. The van der Waals surface area contributed by atoms with Crippen LogP contribution in [-0.4, -0.2) is 22.3 Å². The van der Waals surface area contributed by atoms with Gasteiger partial charge in [-0.15, -0.1) is 0 Å².